The molecule has 0 fully saturated rings. The maximum atomic E-state index is 11.1. The molecule has 1 amide bonds. The third-order valence-electron chi connectivity index (χ3n) is 1.46. The van der Waals surface area contributed by atoms with Crippen LogP contribution in [0.15, 0.2) is 40.9 Å². The average Bonchev–Trinajstić information content (AvgIpc) is 2.15. The monoisotopic (exact) mass is 268 g/mol. The maximum absolute atomic E-state index is 11.1. The van der Waals surface area contributed by atoms with Gasteiger partial charge < -0.3 is 15.2 Å². The Kier molecular flexibility index (Phi) is 4.05. The lowest BCUT2D eigenvalue weighted by Crippen LogP contribution is -2.20. The van der Waals surface area contributed by atoms with Crippen molar-refractivity contribution in [3.63, 3.8) is 0 Å². The third-order valence-corrected chi connectivity index (χ3v) is 1.96. The summed E-state index contributed by atoms with van der Waals surface area (Å²) in [5, 5.41) is 12.5. The molecule has 4 nitrogen and oxygen atoms in total. The van der Waals surface area contributed by atoms with E-state index >= 15 is 0 Å². The van der Waals surface area contributed by atoms with Crippen molar-refractivity contribution in [1.82, 2.24) is 0 Å². The van der Waals surface area contributed by atoms with Crippen LogP contribution in [0.1, 0.15) is 0 Å². The van der Waals surface area contributed by atoms with Crippen molar-refractivity contribution >= 4 is 33.5 Å². The fourth-order valence-electron chi connectivity index (χ4n) is 0.894. The summed E-state index contributed by atoms with van der Waals surface area (Å²) in [6.07, 6.45) is 1.57. The molecule has 1 rings (SSSR count). The van der Waals surface area contributed by atoms with Crippen molar-refractivity contribution in [3.05, 3.63) is 40.9 Å². The highest BCUT2D eigenvalue weighted by Gasteiger charge is 1.97. The summed E-state index contributed by atoms with van der Waals surface area (Å²) >= 11 is 3.24. The quantitative estimate of drug-likeness (QED) is 0.821. The van der Waals surface area contributed by atoms with Crippen molar-refractivity contribution in [2.45, 2.75) is 0 Å². The molecule has 5 heteroatoms. The number of carbonyl (C=O) groups excluding carboxylic acids is 2. The van der Waals surface area contributed by atoms with Crippen LogP contribution in [0.2, 0.25) is 0 Å². The van der Waals surface area contributed by atoms with Crippen LogP contribution in [0.3, 0.4) is 0 Å². The Balaban J connectivity index is 2.63. The summed E-state index contributed by atoms with van der Waals surface area (Å²) < 4.78 is 0.823. The van der Waals surface area contributed by atoms with Gasteiger partial charge in [-0.2, -0.15) is 0 Å². The zero-order chi connectivity index (χ0) is 11.3. The van der Waals surface area contributed by atoms with E-state index in [1.54, 1.807) is 18.2 Å². The number of hydrogen-bond donors (Lipinski definition) is 1. The highest BCUT2D eigenvalue weighted by Crippen LogP contribution is 2.15. The Hall–Kier alpha value is -1.62. The summed E-state index contributed by atoms with van der Waals surface area (Å²) in [5.74, 6) is -1.92. The highest BCUT2D eigenvalue weighted by atomic mass is 79.9. The number of carbonyl (C=O) groups is 2. The van der Waals surface area contributed by atoms with E-state index in [0.717, 1.165) is 10.5 Å². The number of carboxylic acid groups (broad SMARTS) is 1. The summed E-state index contributed by atoms with van der Waals surface area (Å²) in [4.78, 5) is 21.1. The number of aliphatic carboxylic acids is 1. The number of anilines is 1. The van der Waals surface area contributed by atoms with Crippen LogP contribution in [0.5, 0.6) is 0 Å². The van der Waals surface area contributed by atoms with Crippen LogP contribution >= 0.6 is 15.9 Å². The molecular weight excluding hydrogens is 262 g/mol. The fourth-order valence-corrected chi connectivity index (χ4v) is 1.29. The normalized spacial score (nSPS) is 10.2. The van der Waals surface area contributed by atoms with Crippen molar-refractivity contribution in [2.75, 3.05) is 5.32 Å². The lowest BCUT2D eigenvalue weighted by atomic mass is 10.3. The van der Waals surface area contributed by atoms with Gasteiger partial charge in [0.25, 0.3) is 0 Å². The number of rotatable bonds is 3. The van der Waals surface area contributed by atoms with Gasteiger partial charge in [-0.1, -0.05) is 22.0 Å². The van der Waals surface area contributed by atoms with Crippen molar-refractivity contribution in [3.8, 4) is 0 Å². The molecule has 1 aromatic carbocycles. The molecule has 0 aliphatic rings. The molecule has 15 heavy (non-hydrogen) atoms. The zero-order valence-corrected chi connectivity index (χ0v) is 9.15. The molecule has 0 unspecified atom stereocenters. The van der Waals surface area contributed by atoms with Crippen LogP contribution in [-0.2, 0) is 9.59 Å². The second-order valence-corrected chi connectivity index (χ2v) is 3.57. The van der Waals surface area contributed by atoms with Crippen molar-refractivity contribution < 1.29 is 14.7 Å². The van der Waals surface area contributed by atoms with Gasteiger partial charge in [-0.3, -0.25) is 4.79 Å². The molecule has 0 aliphatic carbocycles. The Bertz CT molecular complexity index is 415. The van der Waals surface area contributed by atoms with Gasteiger partial charge in [-0.15, -0.1) is 0 Å². The molecule has 0 spiro atoms. The molecule has 0 bridgehead atoms. The predicted octanol–water partition coefficient (Wildman–Crippen LogP) is 0.694. The van der Waals surface area contributed by atoms with Crippen LogP contribution in [0.25, 0.3) is 0 Å². The first-order valence-electron chi connectivity index (χ1n) is 4.03. The molecule has 1 aromatic rings. The number of halogens is 1. The van der Waals surface area contributed by atoms with Gasteiger partial charge in [0.15, 0.2) is 0 Å². The number of amides is 1. The van der Waals surface area contributed by atoms with E-state index in [1.165, 1.54) is 0 Å². The summed E-state index contributed by atoms with van der Waals surface area (Å²) in [6.45, 7) is 0. The second-order valence-electron chi connectivity index (χ2n) is 2.65. The molecule has 0 aromatic heterocycles. The largest absolute Gasteiger partial charge is 0.545 e. The molecular formula is C10H7BrNO3-. The molecule has 0 aliphatic heterocycles. The first-order valence-corrected chi connectivity index (χ1v) is 4.83. The molecule has 0 saturated heterocycles. The average molecular weight is 269 g/mol. The Labute approximate surface area is 94.7 Å². The van der Waals surface area contributed by atoms with Crippen LogP contribution < -0.4 is 10.4 Å². The first kappa shape index (κ1) is 11.5. The van der Waals surface area contributed by atoms with Crippen LogP contribution in [0, 0.1) is 0 Å². The Morgan fingerprint density at radius 1 is 1.33 bits per heavy atom. The second kappa shape index (κ2) is 5.31. The number of hydrogen-bond acceptors (Lipinski definition) is 3. The minimum Gasteiger partial charge on any atom is -0.545 e. The standard InChI is InChI=1S/C10H8BrNO3/c11-7-2-1-3-8(6-7)12-9(13)4-5-10(14)15/h1-6H,(H,12,13)(H,14,15)/p-1/b5-4+. The Morgan fingerprint density at radius 2 is 2.07 bits per heavy atom. The summed E-state index contributed by atoms with van der Waals surface area (Å²) in [7, 11) is 0. The van der Waals surface area contributed by atoms with Gasteiger partial charge in [0, 0.05) is 16.2 Å². The molecule has 0 heterocycles. The van der Waals surface area contributed by atoms with E-state index in [4.69, 9.17) is 0 Å². The van der Waals surface area contributed by atoms with E-state index < -0.39 is 11.9 Å². The molecule has 78 valence electrons. The minimum absolute atomic E-state index is 0.516. The van der Waals surface area contributed by atoms with E-state index in [0.29, 0.717) is 11.8 Å². The fraction of sp³-hybridized carbons (Fsp3) is 0. The topological polar surface area (TPSA) is 69.2 Å². The van der Waals surface area contributed by atoms with Gasteiger partial charge >= 0.3 is 0 Å². The molecule has 0 saturated carbocycles. The van der Waals surface area contributed by atoms with E-state index in [2.05, 4.69) is 21.2 Å². The van der Waals surface area contributed by atoms with Crippen LogP contribution in [-0.4, -0.2) is 11.9 Å². The molecule has 0 radical (unpaired) electrons. The number of carboxylic acids is 1. The molecule has 1 N–H and O–H groups in total. The SMILES string of the molecule is O=C([O-])/C=C/C(=O)Nc1cccc(Br)c1. The van der Waals surface area contributed by atoms with E-state index in [1.807, 2.05) is 6.07 Å². The van der Waals surface area contributed by atoms with Gasteiger partial charge in [-0.25, -0.2) is 0 Å². The summed E-state index contributed by atoms with van der Waals surface area (Å²) in [5.41, 5.74) is 0.581. The Morgan fingerprint density at radius 3 is 2.67 bits per heavy atom. The van der Waals surface area contributed by atoms with Gasteiger partial charge in [0.2, 0.25) is 5.91 Å². The third kappa shape index (κ3) is 4.42. The smallest absolute Gasteiger partial charge is 0.248 e. The number of benzene rings is 1. The predicted molar refractivity (Wildman–Crippen MR) is 56.9 cm³/mol. The first-order chi connectivity index (χ1) is 7.08. The minimum atomic E-state index is -1.40. The van der Waals surface area contributed by atoms with Gasteiger partial charge in [0.05, 0.1) is 5.97 Å². The number of nitrogens with one attached hydrogen (secondary N) is 1. The lowest BCUT2D eigenvalue weighted by molar-refractivity contribution is -0.297. The molecule has 0 atom stereocenters. The van der Waals surface area contributed by atoms with Crippen molar-refractivity contribution in [1.29, 1.82) is 0 Å². The van der Waals surface area contributed by atoms with Crippen molar-refractivity contribution in [2.24, 2.45) is 0 Å². The highest BCUT2D eigenvalue weighted by molar-refractivity contribution is 9.10. The maximum Gasteiger partial charge on any atom is 0.248 e. The van der Waals surface area contributed by atoms with Gasteiger partial charge in [0.1, 0.15) is 0 Å². The summed E-state index contributed by atoms with van der Waals surface area (Å²) in [6, 6.07) is 6.95. The zero-order valence-electron chi connectivity index (χ0n) is 7.57. The van der Waals surface area contributed by atoms with Crippen LogP contribution in [0.4, 0.5) is 5.69 Å². The van der Waals surface area contributed by atoms with Gasteiger partial charge in [-0.05, 0) is 24.3 Å². The van der Waals surface area contributed by atoms with E-state index in [-0.39, 0.29) is 0 Å². The van der Waals surface area contributed by atoms with E-state index in [9.17, 15) is 14.7 Å². The lowest BCUT2D eigenvalue weighted by Gasteiger charge is -2.01.